The monoisotopic (exact) mass is 316 g/mol. The summed E-state index contributed by atoms with van der Waals surface area (Å²) in [5.41, 5.74) is -0.641. The predicted molar refractivity (Wildman–Crippen MR) is 76.7 cm³/mol. The average Bonchev–Trinajstić information content (AvgIpc) is 2.46. The Balaban J connectivity index is 2.31. The Bertz CT molecular complexity index is 678. The molecule has 19 heavy (non-hydrogen) atoms. The van der Waals surface area contributed by atoms with E-state index in [-0.39, 0.29) is 4.48 Å². The van der Waals surface area contributed by atoms with Gasteiger partial charge in [0, 0.05) is 11.1 Å². The standard InChI is InChI=1S/C16H10BrFO/c17-14-10-11-6-4-5-9-13(11)16(18,15(14)19)12-7-2-1-3-8-12/h1-10H/t16-/m0/s1. The summed E-state index contributed by atoms with van der Waals surface area (Å²) in [5.74, 6) is -0.558. The molecule has 0 fully saturated rings. The highest BCUT2D eigenvalue weighted by atomic mass is 79.9. The Labute approximate surface area is 118 Å². The van der Waals surface area contributed by atoms with Gasteiger partial charge in [-0.05, 0) is 27.6 Å². The minimum Gasteiger partial charge on any atom is -0.289 e. The van der Waals surface area contributed by atoms with Crippen molar-refractivity contribution in [3.05, 3.63) is 75.8 Å². The van der Waals surface area contributed by atoms with Gasteiger partial charge in [-0.2, -0.15) is 0 Å². The summed E-state index contributed by atoms with van der Waals surface area (Å²) in [4.78, 5) is 12.3. The second kappa shape index (κ2) is 4.42. The van der Waals surface area contributed by atoms with E-state index in [1.54, 1.807) is 54.6 Å². The minimum atomic E-state index is -2.12. The van der Waals surface area contributed by atoms with Crippen molar-refractivity contribution < 1.29 is 9.18 Å². The molecule has 0 amide bonds. The number of hydrogen-bond acceptors (Lipinski definition) is 1. The third-order valence-electron chi connectivity index (χ3n) is 3.32. The summed E-state index contributed by atoms with van der Waals surface area (Å²) in [6.45, 7) is 0. The number of fused-ring (bicyclic) bond motifs is 1. The van der Waals surface area contributed by atoms with Crippen LogP contribution in [0, 0.1) is 0 Å². The van der Waals surface area contributed by atoms with Gasteiger partial charge in [0.2, 0.25) is 11.5 Å². The topological polar surface area (TPSA) is 17.1 Å². The van der Waals surface area contributed by atoms with Crippen molar-refractivity contribution in [2.24, 2.45) is 0 Å². The van der Waals surface area contributed by atoms with Crippen LogP contribution in [0.5, 0.6) is 0 Å². The van der Waals surface area contributed by atoms with E-state index < -0.39 is 11.5 Å². The zero-order valence-corrected chi connectivity index (χ0v) is 11.5. The summed E-state index contributed by atoms with van der Waals surface area (Å²) < 4.78 is 15.8. The van der Waals surface area contributed by atoms with E-state index >= 15 is 4.39 Å². The Morgan fingerprint density at radius 2 is 1.58 bits per heavy atom. The highest BCUT2D eigenvalue weighted by Gasteiger charge is 2.46. The van der Waals surface area contributed by atoms with Crippen LogP contribution in [-0.2, 0) is 10.5 Å². The fraction of sp³-hybridized carbons (Fsp3) is 0.0625. The molecular weight excluding hydrogens is 307 g/mol. The van der Waals surface area contributed by atoms with Gasteiger partial charge in [0.15, 0.2) is 0 Å². The van der Waals surface area contributed by atoms with E-state index in [9.17, 15) is 4.79 Å². The normalized spacial score (nSPS) is 21.8. The molecule has 0 aliphatic heterocycles. The molecular formula is C16H10BrFO. The molecule has 1 aliphatic carbocycles. The first kappa shape index (κ1) is 12.3. The molecule has 1 atom stereocenters. The van der Waals surface area contributed by atoms with Crippen LogP contribution in [0.4, 0.5) is 4.39 Å². The molecule has 2 aromatic carbocycles. The maximum absolute atomic E-state index is 15.5. The largest absolute Gasteiger partial charge is 0.289 e. The number of rotatable bonds is 1. The molecule has 3 rings (SSSR count). The molecule has 0 N–H and O–H groups in total. The molecule has 0 bridgehead atoms. The van der Waals surface area contributed by atoms with Crippen molar-refractivity contribution in [2.45, 2.75) is 5.67 Å². The van der Waals surface area contributed by atoms with Crippen molar-refractivity contribution in [3.8, 4) is 0 Å². The Morgan fingerprint density at radius 3 is 2.32 bits per heavy atom. The smallest absolute Gasteiger partial charge is 0.224 e. The van der Waals surface area contributed by atoms with E-state index in [0.717, 1.165) is 5.56 Å². The number of ketones is 1. The zero-order valence-electron chi connectivity index (χ0n) is 9.94. The van der Waals surface area contributed by atoms with Gasteiger partial charge >= 0.3 is 0 Å². The second-order valence-corrected chi connectivity index (χ2v) is 5.29. The number of Topliss-reactive ketones (excluding diaryl/α,β-unsaturated/α-hetero) is 1. The molecule has 0 aromatic heterocycles. The van der Waals surface area contributed by atoms with Crippen LogP contribution >= 0.6 is 15.9 Å². The summed E-state index contributed by atoms with van der Waals surface area (Å²) in [6, 6.07) is 15.6. The lowest BCUT2D eigenvalue weighted by Crippen LogP contribution is -2.35. The Hall–Kier alpha value is -1.74. The van der Waals surface area contributed by atoms with Gasteiger partial charge in [-0.1, -0.05) is 54.6 Å². The van der Waals surface area contributed by atoms with E-state index in [0.29, 0.717) is 11.1 Å². The number of carbonyl (C=O) groups is 1. The third-order valence-corrected chi connectivity index (χ3v) is 3.90. The summed E-state index contributed by atoms with van der Waals surface area (Å²) >= 11 is 3.17. The first-order valence-corrected chi connectivity index (χ1v) is 6.69. The maximum atomic E-state index is 15.5. The number of halogens is 2. The Morgan fingerprint density at radius 1 is 0.947 bits per heavy atom. The fourth-order valence-electron chi connectivity index (χ4n) is 2.38. The highest BCUT2D eigenvalue weighted by Crippen LogP contribution is 2.43. The van der Waals surface area contributed by atoms with Gasteiger partial charge in [-0.15, -0.1) is 0 Å². The summed E-state index contributed by atoms with van der Waals surface area (Å²) in [7, 11) is 0. The highest BCUT2D eigenvalue weighted by molar-refractivity contribution is 9.12. The molecule has 1 nitrogen and oxygen atoms in total. The molecule has 94 valence electrons. The van der Waals surface area contributed by atoms with Gasteiger partial charge in [0.05, 0.1) is 4.48 Å². The SMILES string of the molecule is O=C1C(Br)=Cc2ccccc2[C@@]1(F)c1ccccc1. The fourth-order valence-corrected chi connectivity index (χ4v) is 2.90. The van der Waals surface area contributed by atoms with E-state index in [1.165, 1.54) is 0 Å². The van der Waals surface area contributed by atoms with Gasteiger partial charge in [0.25, 0.3) is 0 Å². The average molecular weight is 317 g/mol. The summed E-state index contributed by atoms with van der Waals surface area (Å²) in [6.07, 6.45) is 1.67. The van der Waals surface area contributed by atoms with Crippen LogP contribution in [0.3, 0.4) is 0 Å². The van der Waals surface area contributed by atoms with Crippen LogP contribution < -0.4 is 0 Å². The number of allylic oxidation sites excluding steroid dienone is 1. The maximum Gasteiger partial charge on any atom is 0.224 e. The van der Waals surface area contributed by atoms with E-state index in [4.69, 9.17) is 0 Å². The molecule has 0 unspecified atom stereocenters. The van der Waals surface area contributed by atoms with Crippen LogP contribution in [-0.4, -0.2) is 5.78 Å². The van der Waals surface area contributed by atoms with Crippen LogP contribution in [0.1, 0.15) is 16.7 Å². The van der Waals surface area contributed by atoms with Crippen molar-refractivity contribution >= 4 is 27.8 Å². The van der Waals surface area contributed by atoms with Crippen LogP contribution in [0.15, 0.2) is 59.1 Å². The molecule has 0 heterocycles. The molecule has 0 spiro atoms. The lowest BCUT2D eigenvalue weighted by Gasteiger charge is -2.29. The second-order valence-electron chi connectivity index (χ2n) is 4.43. The lowest BCUT2D eigenvalue weighted by molar-refractivity contribution is -0.124. The number of carbonyl (C=O) groups excluding carboxylic acids is 1. The van der Waals surface area contributed by atoms with Gasteiger partial charge < -0.3 is 0 Å². The van der Waals surface area contributed by atoms with Gasteiger partial charge in [-0.25, -0.2) is 4.39 Å². The van der Waals surface area contributed by atoms with Crippen molar-refractivity contribution in [2.75, 3.05) is 0 Å². The van der Waals surface area contributed by atoms with Crippen molar-refractivity contribution in [1.82, 2.24) is 0 Å². The summed E-state index contributed by atoms with van der Waals surface area (Å²) in [5, 5.41) is 0. The molecule has 1 aliphatic rings. The molecule has 2 aromatic rings. The van der Waals surface area contributed by atoms with E-state index in [1.807, 2.05) is 6.07 Å². The molecule has 0 saturated carbocycles. The number of alkyl halides is 1. The third kappa shape index (κ3) is 1.77. The Kier molecular flexibility index (Phi) is 2.86. The first-order valence-electron chi connectivity index (χ1n) is 5.90. The van der Waals surface area contributed by atoms with Crippen LogP contribution in [0.25, 0.3) is 6.08 Å². The number of benzene rings is 2. The predicted octanol–water partition coefficient (Wildman–Crippen LogP) is 4.22. The minimum absolute atomic E-state index is 0.262. The lowest BCUT2D eigenvalue weighted by atomic mass is 9.79. The van der Waals surface area contributed by atoms with Crippen LogP contribution in [0.2, 0.25) is 0 Å². The first-order chi connectivity index (χ1) is 9.14. The van der Waals surface area contributed by atoms with E-state index in [2.05, 4.69) is 15.9 Å². The quantitative estimate of drug-likeness (QED) is 0.770. The van der Waals surface area contributed by atoms with Crippen molar-refractivity contribution in [3.63, 3.8) is 0 Å². The molecule has 0 saturated heterocycles. The number of hydrogen-bond donors (Lipinski definition) is 0. The molecule has 3 heteroatoms. The van der Waals surface area contributed by atoms with Gasteiger partial charge in [0.1, 0.15) is 0 Å². The van der Waals surface area contributed by atoms with Crippen molar-refractivity contribution in [1.29, 1.82) is 0 Å². The molecule has 0 radical (unpaired) electrons. The van der Waals surface area contributed by atoms with Gasteiger partial charge in [-0.3, -0.25) is 4.79 Å². The zero-order chi connectivity index (χ0) is 13.5.